The summed E-state index contributed by atoms with van der Waals surface area (Å²) in [6, 6.07) is 10.2. The summed E-state index contributed by atoms with van der Waals surface area (Å²) in [6.07, 6.45) is 13.5. The standard InChI is InChI=1S/C22H32N2O2/c1-26-21-12-5-7-16(13-21)22(25)23-17-14-19-10-6-11-20(15-17)24(19)18-8-3-2-4-9-18/h5,7,12-13,17-20H,2-4,6,8-11,14-15H2,1H3,(H,23,25)/p+1/t19-,20-/m1/s1. The number of quaternary nitrogens is 1. The monoisotopic (exact) mass is 357 g/mol. The van der Waals surface area contributed by atoms with Crippen LogP contribution in [0, 0.1) is 0 Å². The number of carbonyl (C=O) groups excluding carboxylic acids is 1. The van der Waals surface area contributed by atoms with E-state index < -0.39 is 0 Å². The second-order valence-electron chi connectivity index (χ2n) is 8.53. The number of carbonyl (C=O) groups is 1. The third kappa shape index (κ3) is 3.75. The van der Waals surface area contributed by atoms with Crippen molar-refractivity contribution in [2.45, 2.75) is 88.4 Å². The fraction of sp³-hybridized carbons (Fsp3) is 0.682. The molecule has 4 heteroatoms. The average Bonchev–Trinajstić information content (AvgIpc) is 2.68. The minimum absolute atomic E-state index is 0.0492. The van der Waals surface area contributed by atoms with Gasteiger partial charge in [0.1, 0.15) is 5.75 Å². The summed E-state index contributed by atoms with van der Waals surface area (Å²) < 4.78 is 5.25. The predicted octanol–water partition coefficient (Wildman–Crippen LogP) is 2.73. The number of rotatable bonds is 4. The molecule has 2 N–H and O–H groups in total. The number of benzene rings is 1. The van der Waals surface area contributed by atoms with E-state index in [1.54, 1.807) is 7.11 Å². The summed E-state index contributed by atoms with van der Waals surface area (Å²) in [4.78, 5) is 14.6. The topological polar surface area (TPSA) is 42.8 Å². The number of amides is 1. The van der Waals surface area contributed by atoms with Crippen molar-refractivity contribution in [1.29, 1.82) is 0 Å². The van der Waals surface area contributed by atoms with Crippen molar-refractivity contribution < 1.29 is 14.4 Å². The van der Waals surface area contributed by atoms with Crippen LogP contribution in [0.3, 0.4) is 0 Å². The maximum atomic E-state index is 12.7. The van der Waals surface area contributed by atoms with Crippen LogP contribution in [0.15, 0.2) is 24.3 Å². The molecular weight excluding hydrogens is 324 g/mol. The van der Waals surface area contributed by atoms with Gasteiger partial charge in [0, 0.05) is 24.4 Å². The van der Waals surface area contributed by atoms with Crippen molar-refractivity contribution in [3.8, 4) is 5.75 Å². The van der Waals surface area contributed by atoms with E-state index in [0.29, 0.717) is 11.6 Å². The van der Waals surface area contributed by atoms with E-state index in [1.807, 2.05) is 29.2 Å². The molecule has 26 heavy (non-hydrogen) atoms. The SMILES string of the molecule is COc1cccc(C(=O)NC2C[C@H]3CCC[C@H](C2)[NH+]3C2CCCCC2)c1. The number of piperidine rings is 2. The molecule has 1 aromatic rings. The fourth-order valence-electron chi connectivity index (χ4n) is 5.82. The van der Waals surface area contributed by atoms with Gasteiger partial charge in [0.05, 0.1) is 25.2 Å². The maximum absolute atomic E-state index is 12.7. The lowest BCUT2D eigenvalue weighted by Crippen LogP contribution is -3.24. The van der Waals surface area contributed by atoms with E-state index in [9.17, 15) is 4.79 Å². The van der Waals surface area contributed by atoms with Crippen LogP contribution in [-0.2, 0) is 0 Å². The van der Waals surface area contributed by atoms with Crippen molar-refractivity contribution in [3.63, 3.8) is 0 Å². The Bertz CT molecular complexity index is 612. The lowest BCUT2D eigenvalue weighted by atomic mass is 9.78. The third-order valence-electron chi connectivity index (χ3n) is 6.93. The number of methoxy groups -OCH3 is 1. The van der Waals surface area contributed by atoms with Gasteiger partial charge in [0.25, 0.3) is 5.91 Å². The molecule has 1 amide bonds. The first-order valence-electron chi connectivity index (χ1n) is 10.6. The van der Waals surface area contributed by atoms with Gasteiger partial charge in [-0.1, -0.05) is 12.5 Å². The average molecular weight is 358 g/mol. The molecule has 2 saturated heterocycles. The molecule has 2 atom stereocenters. The summed E-state index contributed by atoms with van der Waals surface area (Å²) in [5.41, 5.74) is 0.705. The Balaban J connectivity index is 1.41. The maximum Gasteiger partial charge on any atom is 0.251 e. The summed E-state index contributed by atoms with van der Waals surface area (Å²) in [6.45, 7) is 0. The molecule has 2 aliphatic heterocycles. The first-order chi connectivity index (χ1) is 12.7. The summed E-state index contributed by atoms with van der Waals surface area (Å²) in [5.74, 6) is 0.791. The highest BCUT2D eigenvalue weighted by atomic mass is 16.5. The van der Waals surface area contributed by atoms with Gasteiger partial charge in [0.2, 0.25) is 0 Å². The smallest absolute Gasteiger partial charge is 0.251 e. The Morgan fingerprint density at radius 2 is 1.69 bits per heavy atom. The highest BCUT2D eigenvalue weighted by Crippen LogP contribution is 2.26. The van der Waals surface area contributed by atoms with E-state index >= 15 is 0 Å². The molecule has 0 radical (unpaired) electrons. The van der Waals surface area contributed by atoms with Crippen molar-refractivity contribution in [3.05, 3.63) is 29.8 Å². The van der Waals surface area contributed by atoms with Gasteiger partial charge in [0.15, 0.2) is 0 Å². The molecule has 0 unspecified atom stereocenters. The highest BCUT2D eigenvalue weighted by molar-refractivity contribution is 5.94. The molecule has 0 spiro atoms. The quantitative estimate of drug-likeness (QED) is 0.870. The zero-order valence-corrected chi connectivity index (χ0v) is 16.0. The lowest BCUT2D eigenvalue weighted by Gasteiger charge is -2.50. The van der Waals surface area contributed by atoms with Gasteiger partial charge in [-0.2, -0.15) is 0 Å². The first kappa shape index (κ1) is 17.8. The van der Waals surface area contributed by atoms with E-state index in [0.717, 1.165) is 36.7 Å². The number of hydrogen-bond donors (Lipinski definition) is 2. The zero-order valence-electron chi connectivity index (χ0n) is 16.0. The van der Waals surface area contributed by atoms with Gasteiger partial charge in [-0.05, 0) is 63.1 Å². The molecule has 4 rings (SSSR count). The fourth-order valence-corrected chi connectivity index (χ4v) is 5.82. The summed E-state index contributed by atoms with van der Waals surface area (Å²) >= 11 is 0. The van der Waals surface area contributed by atoms with Gasteiger partial charge >= 0.3 is 0 Å². The molecular formula is C22H33N2O2+. The van der Waals surface area contributed by atoms with Crippen LogP contribution in [0.2, 0.25) is 0 Å². The van der Waals surface area contributed by atoms with Crippen molar-refractivity contribution in [1.82, 2.24) is 5.32 Å². The minimum atomic E-state index is 0.0492. The number of fused-ring (bicyclic) bond motifs is 2. The van der Waals surface area contributed by atoms with Crippen LogP contribution in [0.4, 0.5) is 0 Å². The molecule has 3 fully saturated rings. The van der Waals surface area contributed by atoms with E-state index in [1.165, 1.54) is 51.4 Å². The molecule has 4 nitrogen and oxygen atoms in total. The summed E-state index contributed by atoms with van der Waals surface area (Å²) in [7, 11) is 1.64. The molecule has 1 saturated carbocycles. The second kappa shape index (κ2) is 7.99. The second-order valence-corrected chi connectivity index (χ2v) is 8.53. The Labute approximate surface area is 157 Å². The van der Waals surface area contributed by atoms with Crippen molar-refractivity contribution >= 4 is 5.91 Å². The number of hydrogen-bond acceptors (Lipinski definition) is 2. The van der Waals surface area contributed by atoms with Gasteiger partial charge in [-0.3, -0.25) is 4.79 Å². The van der Waals surface area contributed by atoms with Gasteiger partial charge < -0.3 is 15.0 Å². The summed E-state index contributed by atoms with van der Waals surface area (Å²) in [5, 5.41) is 3.33. The Hall–Kier alpha value is -1.55. The molecule has 142 valence electrons. The van der Waals surface area contributed by atoms with Gasteiger partial charge in [-0.25, -0.2) is 0 Å². The van der Waals surface area contributed by atoms with Crippen molar-refractivity contribution in [2.75, 3.05) is 7.11 Å². The Morgan fingerprint density at radius 3 is 2.38 bits per heavy atom. The van der Waals surface area contributed by atoms with Crippen molar-refractivity contribution in [2.24, 2.45) is 0 Å². The van der Waals surface area contributed by atoms with Crippen LogP contribution in [0.1, 0.15) is 74.6 Å². The largest absolute Gasteiger partial charge is 0.497 e. The molecule has 1 aromatic carbocycles. The lowest BCUT2D eigenvalue weighted by molar-refractivity contribution is -0.984. The van der Waals surface area contributed by atoms with Gasteiger partial charge in [-0.15, -0.1) is 0 Å². The van der Waals surface area contributed by atoms with Crippen LogP contribution < -0.4 is 15.0 Å². The van der Waals surface area contributed by atoms with Crippen LogP contribution in [0.25, 0.3) is 0 Å². The molecule has 2 bridgehead atoms. The minimum Gasteiger partial charge on any atom is -0.497 e. The molecule has 3 aliphatic rings. The zero-order chi connectivity index (χ0) is 17.9. The Kier molecular flexibility index (Phi) is 5.49. The third-order valence-corrected chi connectivity index (χ3v) is 6.93. The van der Waals surface area contributed by atoms with E-state index in [-0.39, 0.29) is 5.91 Å². The predicted molar refractivity (Wildman–Crippen MR) is 103 cm³/mol. The molecule has 0 aromatic heterocycles. The van der Waals surface area contributed by atoms with Crippen LogP contribution in [0.5, 0.6) is 5.75 Å². The molecule has 2 heterocycles. The Morgan fingerprint density at radius 1 is 1.00 bits per heavy atom. The van der Waals surface area contributed by atoms with E-state index in [2.05, 4.69) is 5.32 Å². The number of nitrogens with one attached hydrogen (secondary N) is 2. The number of ether oxygens (including phenoxy) is 1. The first-order valence-corrected chi connectivity index (χ1v) is 10.6. The van der Waals surface area contributed by atoms with E-state index in [4.69, 9.17) is 4.74 Å². The normalized spacial score (nSPS) is 32.0. The van der Waals surface area contributed by atoms with Crippen LogP contribution >= 0.6 is 0 Å². The highest BCUT2D eigenvalue weighted by Gasteiger charge is 2.45. The molecule has 1 aliphatic carbocycles. The van der Waals surface area contributed by atoms with Crippen LogP contribution in [-0.4, -0.2) is 37.2 Å².